The van der Waals surface area contributed by atoms with E-state index in [9.17, 15) is 0 Å². The molecule has 0 saturated carbocycles. The second-order valence-electron chi connectivity index (χ2n) is 5.14. The predicted molar refractivity (Wildman–Crippen MR) is 92.8 cm³/mol. The van der Waals surface area contributed by atoms with Crippen LogP contribution in [0.4, 0.5) is 0 Å². The molecule has 0 bridgehead atoms. The number of rotatable bonds is 4. The SMILES string of the molecule is COc1cc(C#N)ccc1O.COc1cc(C#N)ccc1OC(C)C. The minimum absolute atomic E-state index is 0.0477. The van der Waals surface area contributed by atoms with Crippen molar-refractivity contribution in [3.8, 4) is 35.1 Å². The van der Waals surface area contributed by atoms with E-state index in [1.165, 1.54) is 25.3 Å². The fourth-order valence-electron chi connectivity index (χ4n) is 1.84. The lowest BCUT2D eigenvalue weighted by Crippen LogP contribution is -2.06. The molecule has 0 unspecified atom stereocenters. The van der Waals surface area contributed by atoms with Gasteiger partial charge in [0.25, 0.3) is 0 Å². The standard InChI is InChI=1S/C11H13NO2.C8H7NO2/c1-8(2)14-10-5-4-9(7-12)6-11(10)13-3;1-11-8-4-6(5-9)2-3-7(8)10/h4-6,8H,1-3H3;2-4,10H,1H3. The normalized spacial score (nSPS) is 9.24. The molecule has 25 heavy (non-hydrogen) atoms. The third-order valence-corrected chi connectivity index (χ3v) is 2.96. The molecular formula is C19H20N2O4. The van der Waals surface area contributed by atoms with Crippen molar-refractivity contribution in [3.63, 3.8) is 0 Å². The maximum Gasteiger partial charge on any atom is 0.162 e. The van der Waals surface area contributed by atoms with Gasteiger partial charge in [-0.2, -0.15) is 10.5 Å². The third-order valence-electron chi connectivity index (χ3n) is 2.96. The number of phenolic OH excluding ortho intramolecular Hbond substituents is 1. The van der Waals surface area contributed by atoms with Crippen LogP contribution in [-0.4, -0.2) is 25.4 Å². The minimum Gasteiger partial charge on any atom is -0.504 e. The van der Waals surface area contributed by atoms with Gasteiger partial charge in [-0.25, -0.2) is 0 Å². The van der Waals surface area contributed by atoms with Crippen LogP contribution in [0.15, 0.2) is 36.4 Å². The molecule has 6 heteroatoms. The molecule has 0 fully saturated rings. The first kappa shape index (κ1) is 19.7. The van der Waals surface area contributed by atoms with Crippen molar-refractivity contribution in [3.05, 3.63) is 47.5 Å². The van der Waals surface area contributed by atoms with Gasteiger partial charge in [-0.1, -0.05) is 0 Å². The summed E-state index contributed by atoms with van der Waals surface area (Å²) in [6.07, 6.45) is 0.0943. The Morgan fingerprint density at radius 3 is 1.84 bits per heavy atom. The molecule has 0 amide bonds. The Morgan fingerprint density at radius 1 is 0.840 bits per heavy atom. The van der Waals surface area contributed by atoms with Crippen LogP contribution in [0.1, 0.15) is 25.0 Å². The quantitative estimate of drug-likeness (QED) is 0.913. The summed E-state index contributed by atoms with van der Waals surface area (Å²) < 4.78 is 15.4. The first-order valence-electron chi connectivity index (χ1n) is 7.47. The molecule has 0 aromatic heterocycles. The molecule has 6 nitrogen and oxygen atoms in total. The smallest absolute Gasteiger partial charge is 0.162 e. The second-order valence-corrected chi connectivity index (χ2v) is 5.14. The van der Waals surface area contributed by atoms with Crippen LogP contribution in [0.5, 0.6) is 23.0 Å². The van der Waals surface area contributed by atoms with E-state index in [4.69, 9.17) is 29.8 Å². The lowest BCUT2D eigenvalue weighted by Gasteiger charge is -2.13. The van der Waals surface area contributed by atoms with Crippen molar-refractivity contribution in [2.24, 2.45) is 0 Å². The van der Waals surface area contributed by atoms with Crippen molar-refractivity contribution < 1.29 is 19.3 Å². The van der Waals surface area contributed by atoms with Crippen LogP contribution in [0.25, 0.3) is 0 Å². The van der Waals surface area contributed by atoms with Crippen molar-refractivity contribution >= 4 is 0 Å². The monoisotopic (exact) mass is 340 g/mol. The van der Waals surface area contributed by atoms with Gasteiger partial charge >= 0.3 is 0 Å². The molecule has 0 aliphatic carbocycles. The molecule has 2 rings (SSSR count). The highest BCUT2D eigenvalue weighted by Gasteiger charge is 2.06. The lowest BCUT2D eigenvalue weighted by atomic mass is 10.2. The van der Waals surface area contributed by atoms with Gasteiger partial charge in [0.2, 0.25) is 0 Å². The highest BCUT2D eigenvalue weighted by Crippen LogP contribution is 2.28. The van der Waals surface area contributed by atoms with Crippen LogP contribution in [0, 0.1) is 22.7 Å². The van der Waals surface area contributed by atoms with Crippen molar-refractivity contribution in [2.75, 3.05) is 14.2 Å². The van der Waals surface area contributed by atoms with Gasteiger partial charge in [-0.05, 0) is 38.1 Å². The molecule has 2 aromatic rings. The summed E-state index contributed by atoms with van der Waals surface area (Å²) in [6.45, 7) is 3.88. The Balaban J connectivity index is 0.000000257. The molecule has 1 N–H and O–H groups in total. The van der Waals surface area contributed by atoms with Crippen molar-refractivity contribution in [1.29, 1.82) is 10.5 Å². The molecule has 0 saturated heterocycles. The van der Waals surface area contributed by atoms with E-state index < -0.39 is 0 Å². The largest absolute Gasteiger partial charge is 0.504 e. The van der Waals surface area contributed by atoms with Gasteiger partial charge in [0.15, 0.2) is 23.0 Å². The number of benzene rings is 2. The molecule has 2 aromatic carbocycles. The average Bonchev–Trinajstić information content (AvgIpc) is 2.62. The van der Waals surface area contributed by atoms with Gasteiger partial charge in [0.05, 0.1) is 43.6 Å². The zero-order valence-corrected chi connectivity index (χ0v) is 14.6. The summed E-state index contributed by atoms with van der Waals surface area (Å²) in [5, 5.41) is 26.2. The minimum atomic E-state index is 0.0477. The Bertz CT molecular complexity index is 789. The van der Waals surface area contributed by atoms with Crippen molar-refractivity contribution in [2.45, 2.75) is 20.0 Å². The van der Waals surface area contributed by atoms with Crippen LogP contribution in [-0.2, 0) is 0 Å². The number of nitriles is 2. The molecule has 0 aliphatic heterocycles. The van der Waals surface area contributed by atoms with Gasteiger partial charge in [-0.15, -0.1) is 0 Å². The molecular weight excluding hydrogens is 320 g/mol. The third kappa shape index (κ3) is 5.96. The zero-order chi connectivity index (χ0) is 18.8. The first-order valence-corrected chi connectivity index (χ1v) is 7.47. The second kappa shape index (κ2) is 9.69. The molecule has 0 aliphatic rings. The van der Waals surface area contributed by atoms with E-state index in [0.717, 1.165) is 0 Å². The maximum atomic E-state index is 9.10. The molecule has 0 atom stereocenters. The van der Waals surface area contributed by atoms with E-state index in [0.29, 0.717) is 28.4 Å². The highest BCUT2D eigenvalue weighted by atomic mass is 16.5. The summed E-state index contributed by atoms with van der Waals surface area (Å²) >= 11 is 0. The molecule has 0 heterocycles. The van der Waals surface area contributed by atoms with E-state index in [-0.39, 0.29) is 11.9 Å². The summed E-state index contributed by atoms with van der Waals surface area (Å²) in [7, 11) is 3.00. The number of hydrogen-bond acceptors (Lipinski definition) is 6. The maximum absolute atomic E-state index is 9.10. The Hall–Kier alpha value is -3.38. The van der Waals surface area contributed by atoms with E-state index >= 15 is 0 Å². The van der Waals surface area contributed by atoms with Gasteiger partial charge in [0, 0.05) is 12.1 Å². The van der Waals surface area contributed by atoms with Gasteiger partial charge in [0.1, 0.15) is 0 Å². The van der Waals surface area contributed by atoms with Crippen LogP contribution in [0.3, 0.4) is 0 Å². The van der Waals surface area contributed by atoms with E-state index in [1.807, 2.05) is 26.0 Å². The highest BCUT2D eigenvalue weighted by molar-refractivity contribution is 5.47. The Kier molecular flexibility index (Phi) is 7.62. The van der Waals surface area contributed by atoms with Crippen LogP contribution < -0.4 is 14.2 Å². The molecule has 0 spiro atoms. The summed E-state index contributed by atoms with van der Waals surface area (Å²) in [6, 6.07) is 13.5. The number of methoxy groups -OCH3 is 2. The van der Waals surface area contributed by atoms with E-state index in [1.54, 1.807) is 25.3 Å². The first-order chi connectivity index (χ1) is 11.9. The predicted octanol–water partition coefficient (Wildman–Crippen LogP) is 3.63. The zero-order valence-electron chi connectivity index (χ0n) is 14.6. The average molecular weight is 340 g/mol. The van der Waals surface area contributed by atoms with E-state index in [2.05, 4.69) is 0 Å². The number of aromatic hydroxyl groups is 1. The number of hydrogen-bond donors (Lipinski definition) is 1. The summed E-state index contributed by atoms with van der Waals surface area (Å²) in [5.74, 6) is 1.63. The summed E-state index contributed by atoms with van der Waals surface area (Å²) in [4.78, 5) is 0. The lowest BCUT2D eigenvalue weighted by molar-refractivity contribution is 0.230. The Labute approximate surface area is 147 Å². The number of nitrogens with zero attached hydrogens (tertiary/aromatic N) is 2. The topological polar surface area (TPSA) is 95.5 Å². The fourth-order valence-corrected chi connectivity index (χ4v) is 1.84. The van der Waals surface area contributed by atoms with Gasteiger partial charge < -0.3 is 19.3 Å². The van der Waals surface area contributed by atoms with Crippen LogP contribution >= 0.6 is 0 Å². The fraction of sp³-hybridized carbons (Fsp3) is 0.263. The van der Waals surface area contributed by atoms with Crippen LogP contribution in [0.2, 0.25) is 0 Å². The molecule has 0 radical (unpaired) electrons. The number of ether oxygens (including phenoxy) is 3. The molecule has 130 valence electrons. The van der Waals surface area contributed by atoms with Gasteiger partial charge in [-0.3, -0.25) is 0 Å². The Morgan fingerprint density at radius 2 is 1.36 bits per heavy atom. The van der Waals surface area contributed by atoms with Crippen molar-refractivity contribution in [1.82, 2.24) is 0 Å². The number of phenols is 1. The summed E-state index contributed by atoms with van der Waals surface area (Å²) in [5.41, 5.74) is 1.04.